The molecule has 1 aromatic carbocycles. The highest BCUT2D eigenvalue weighted by atomic mass is 32.2. The van der Waals surface area contributed by atoms with Crippen LogP contribution in [0.15, 0.2) is 17.0 Å². The van der Waals surface area contributed by atoms with Crippen LogP contribution in [0.25, 0.3) is 0 Å². The van der Waals surface area contributed by atoms with E-state index in [9.17, 15) is 17.2 Å². The summed E-state index contributed by atoms with van der Waals surface area (Å²) in [5.74, 6) is -2.07. The maximum absolute atomic E-state index is 13.6. The van der Waals surface area contributed by atoms with E-state index in [2.05, 4.69) is 0 Å². The van der Waals surface area contributed by atoms with Crippen LogP contribution >= 0.6 is 0 Å². The number of hydrogen-bond donors (Lipinski definition) is 1. The maximum atomic E-state index is 13.6. The van der Waals surface area contributed by atoms with Crippen molar-refractivity contribution in [1.29, 1.82) is 0 Å². The fourth-order valence-corrected chi connectivity index (χ4v) is 3.63. The smallest absolute Gasteiger partial charge is 0.246 e. The number of halogens is 2. The zero-order valence-electron chi connectivity index (χ0n) is 9.86. The van der Waals surface area contributed by atoms with Crippen LogP contribution in [-0.2, 0) is 10.0 Å². The molecule has 1 aliphatic carbocycles. The number of nitrogens with zero attached hydrogens (tertiary/aromatic N) is 1. The molecule has 7 heteroatoms. The van der Waals surface area contributed by atoms with Crippen LogP contribution in [0.5, 0.6) is 0 Å². The van der Waals surface area contributed by atoms with E-state index in [1.807, 2.05) is 0 Å². The number of sulfonamides is 1. The lowest BCUT2D eigenvalue weighted by atomic mass is 10.3. The lowest BCUT2D eigenvalue weighted by Gasteiger charge is -2.20. The molecule has 0 heterocycles. The molecular weight excluding hydrogens is 262 g/mol. The highest BCUT2D eigenvalue weighted by Gasteiger charge is 2.38. The summed E-state index contributed by atoms with van der Waals surface area (Å²) >= 11 is 0. The maximum Gasteiger partial charge on any atom is 0.246 e. The van der Waals surface area contributed by atoms with Crippen LogP contribution in [0.1, 0.15) is 19.8 Å². The summed E-state index contributed by atoms with van der Waals surface area (Å²) in [7, 11) is -3.95. The molecule has 1 aliphatic rings. The van der Waals surface area contributed by atoms with Crippen molar-refractivity contribution in [1.82, 2.24) is 4.31 Å². The molecule has 1 saturated carbocycles. The highest BCUT2D eigenvalue weighted by molar-refractivity contribution is 7.89. The SMILES string of the molecule is CCN(C1CC1)S(=O)(=O)c1cc(N)c(F)cc1F. The zero-order valence-corrected chi connectivity index (χ0v) is 10.7. The predicted octanol–water partition coefficient (Wildman–Crippen LogP) is 1.72. The molecule has 0 amide bonds. The molecule has 0 saturated heterocycles. The van der Waals surface area contributed by atoms with Gasteiger partial charge in [0.15, 0.2) is 0 Å². The van der Waals surface area contributed by atoms with Crippen LogP contribution in [0.3, 0.4) is 0 Å². The number of hydrogen-bond acceptors (Lipinski definition) is 3. The average Bonchev–Trinajstić information content (AvgIpc) is 3.08. The van der Waals surface area contributed by atoms with Crippen molar-refractivity contribution in [2.45, 2.75) is 30.7 Å². The van der Waals surface area contributed by atoms with Gasteiger partial charge >= 0.3 is 0 Å². The monoisotopic (exact) mass is 276 g/mol. The summed E-state index contributed by atoms with van der Waals surface area (Å²) < 4.78 is 52.3. The van der Waals surface area contributed by atoms with Gasteiger partial charge in [-0.25, -0.2) is 17.2 Å². The van der Waals surface area contributed by atoms with Gasteiger partial charge < -0.3 is 5.73 Å². The Labute approximate surface area is 104 Å². The summed E-state index contributed by atoms with van der Waals surface area (Å²) in [6.45, 7) is 1.93. The molecule has 0 aliphatic heterocycles. The van der Waals surface area contributed by atoms with E-state index < -0.39 is 26.6 Å². The third kappa shape index (κ3) is 2.20. The van der Waals surface area contributed by atoms with Gasteiger partial charge in [-0.1, -0.05) is 6.92 Å². The fourth-order valence-electron chi connectivity index (χ4n) is 1.86. The second kappa shape index (κ2) is 4.47. The van der Waals surface area contributed by atoms with E-state index in [-0.39, 0.29) is 18.3 Å². The molecule has 0 bridgehead atoms. The standard InChI is InChI=1S/C11H14F2N2O2S/c1-2-15(7-3-4-7)18(16,17)11-6-10(14)8(12)5-9(11)13/h5-7H,2-4,14H2,1H3. The fraction of sp³-hybridized carbons (Fsp3) is 0.455. The minimum atomic E-state index is -3.95. The van der Waals surface area contributed by atoms with Crippen LogP contribution in [-0.4, -0.2) is 25.3 Å². The Morgan fingerprint density at radius 1 is 1.33 bits per heavy atom. The molecular formula is C11H14F2N2O2S. The van der Waals surface area contributed by atoms with Gasteiger partial charge in [0.05, 0.1) is 5.69 Å². The van der Waals surface area contributed by atoms with Crippen LogP contribution < -0.4 is 5.73 Å². The van der Waals surface area contributed by atoms with Crippen molar-refractivity contribution in [3.05, 3.63) is 23.8 Å². The van der Waals surface area contributed by atoms with Crippen molar-refractivity contribution in [2.75, 3.05) is 12.3 Å². The molecule has 0 aromatic heterocycles. The summed E-state index contributed by atoms with van der Waals surface area (Å²) in [6, 6.07) is 1.26. The molecule has 100 valence electrons. The first-order chi connectivity index (χ1) is 8.37. The Hall–Kier alpha value is -1.21. The van der Waals surface area contributed by atoms with Crippen LogP contribution in [0, 0.1) is 11.6 Å². The lowest BCUT2D eigenvalue weighted by molar-refractivity contribution is 0.416. The summed E-state index contributed by atoms with van der Waals surface area (Å²) in [4.78, 5) is -0.560. The van der Waals surface area contributed by atoms with Gasteiger partial charge in [0.25, 0.3) is 0 Å². The van der Waals surface area contributed by atoms with E-state index in [0.29, 0.717) is 6.07 Å². The Morgan fingerprint density at radius 3 is 2.44 bits per heavy atom. The second-order valence-electron chi connectivity index (χ2n) is 4.24. The number of nitrogen functional groups attached to an aromatic ring is 1. The first-order valence-corrected chi connectivity index (χ1v) is 7.08. The number of anilines is 1. The van der Waals surface area contributed by atoms with Crippen LogP contribution in [0.4, 0.5) is 14.5 Å². The number of nitrogens with two attached hydrogens (primary N) is 1. The molecule has 0 unspecified atom stereocenters. The summed E-state index contributed by atoms with van der Waals surface area (Å²) in [6.07, 6.45) is 1.54. The Bertz CT molecular complexity index is 571. The van der Waals surface area contributed by atoms with Gasteiger partial charge in [-0.05, 0) is 18.9 Å². The molecule has 2 rings (SSSR count). The normalized spacial score (nSPS) is 16.2. The van der Waals surface area contributed by atoms with Gasteiger partial charge in [0, 0.05) is 18.7 Å². The zero-order chi connectivity index (χ0) is 13.5. The van der Waals surface area contributed by atoms with E-state index >= 15 is 0 Å². The van der Waals surface area contributed by atoms with Gasteiger partial charge in [-0.15, -0.1) is 0 Å². The largest absolute Gasteiger partial charge is 0.396 e. The molecule has 2 N–H and O–H groups in total. The second-order valence-corrected chi connectivity index (χ2v) is 6.10. The van der Waals surface area contributed by atoms with Crippen molar-refractivity contribution < 1.29 is 17.2 Å². The Balaban J connectivity index is 2.49. The lowest BCUT2D eigenvalue weighted by Crippen LogP contribution is -2.33. The molecule has 0 radical (unpaired) electrons. The number of benzene rings is 1. The minimum absolute atomic E-state index is 0.0781. The van der Waals surface area contributed by atoms with E-state index in [0.717, 1.165) is 18.9 Å². The minimum Gasteiger partial charge on any atom is -0.396 e. The van der Waals surface area contributed by atoms with Gasteiger partial charge in [-0.2, -0.15) is 4.31 Å². The van der Waals surface area contributed by atoms with Crippen molar-refractivity contribution >= 4 is 15.7 Å². The van der Waals surface area contributed by atoms with Crippen molar-refractivity contribution in [3.8, 4) is 0 Å². The van der Waals surface area contributed by atoms with Crippen LogP contribution in [0.2, 0.25) is 0 Å². The van der Waals surface area contributed by atoms with E-state index in [4.69, 9.17) is 5.73 Å². The Kier molecular flexibility index (Phi) is 3.29. The predicted molar refractivity (Wildman–Crippen MR) is 63.4 cm³/mol. The van der Waals surface area contributed by atoms with Gasteiger partial charge in [0.1, 0.15) is 16.5 Å². The molecule has 0 spiro atoms. The van der Waals surface area contributed by atoms with Crippen molar-refractivity contribution in [2.24, 2.45) is 0 Å². The molecule has 0 atom stereocenters. The first kappa shape index (κ1) is 13.2. The third-order valence-electron chi connectivity index (χ3n) is 2.90. The number of rotatable bonds is 4. The average molecular weight is 276 g/mol. The molecule has 1 fully saturated rings. The first-order valence-electron chi connectivity index (χ1n) is 5.64. The Morgan fingerprint density at radius 2 is 1.94 bits per heavy atom. The summed E-state index contributed by atoms with van der Waals surface area (Å²) in [5, 5.41) is 0. The topological polar surface area (TPSA) is 63.4 Å². The quantitative estimate of drug-likeness (QED) is 0.852. The van der Waals surface area contributed by atoms with Gasteiger partial charge in [-0.3, -0.25) is 0 Å². The van der Waals surface area contributed by atoms with Gasteiger partial charge in [0.2, 0.25) is 10.0 Å². The van der Waals surface area contributed by atoms with E-state index in [1.165, 1.54) is 4.31 Å². The van der Waals surface area contributed by atoms with Crippen molar-refractivity contribution in [3.63, 3.8) is 0 Å². The highest BCUT2D eigenvalue weighted by Crippen LogP contribution is 2.33. The third-order valence-corrected chi connectivity index (χ3v) is 4.95. The molecule has 4 nitrogen and oxygen atoms in total. The molecule has 18 heavy (non-hydrogen) atoms. The summed E-state index contributed by atoms with van der Waals surface area (Å²) in [5.41, 5.74) is 4.92. The van der Waals surface area contributed by atoms with E-state index in [1.54, 1.807) is 6.92 Å². The molecule has 1 aromatic rings.